The third kappa shape index (κ3) is 5.98. The molecule has 40 heavy (non-hydrogen) atoms. The lowest BCUT2D eigenvalue weighted by Crippen LogP contribution is -2.04. The molecule has 0 bridgehead atoms. The Morgan fingerprint density at radius 1 is 0.375 bits per heavy atom. The van der Waals surface area contributed by atoms with Gasteiger partial charge in [0.05, 0.1) is 13.4 Å². The molecule has 0 amide bonds. The predicted molar refractivity (Wildman–Crippen MR) is 187 cm³/mol. The minimum absolute atomic E-state index is 0.614. The summed E-state index contributed by atoms with van der Waals surface area (Å²) in [6.45, 7) is 0. The largest absolute Gasteiger partial charge is 0.530 e. The molecule has 0 fully saturated rings. The molecule has 0 radical (unpaired) electrons. The molecule has 0 aliphatic rings. The first-order chi connectivity index (χ1) is 19.3. The topological polar surface area (TPSA) is 27.7 Å². The van der Waals surface area contributed by atoms with Crippen LogP contribution in [-0.2, 0) is 0 Å². The third-order valence-corrected chi connectivity index (χ3v) is 11.1. The van der Waals surface area contributed by atoms with E-state index >= 15 is 0 Å². The van der Waals surface area contributed by atoms with Crippen LogP contribution in [0.3, 0.4) is 0 Å². The first-order valence-corrected chi connectivity index (χ1v) is 17.6. The highest BCUT2D eigenvalue weighted by atomic mass is 79.9. The fourth-order valence-corrected chi connectivity index (χ4v) is 8.52. The molecule has 0 aromatic heterocycles. The third-order valence-electron chi connectivity index (χ3n) is 6.16. The van der Waals surface area contributed by atoms with Gasteiger partial charge in [0.15, 0.2) is 0 Å². The zero-order chi connectivity index (χ0) is 28.0. The highest BCUT2D eigenvalue weighted by Crippen LogP contribution is 2.50. The van der Waals surface area contributed by atoms with E-state index in [0.717, 1.165) is 59.2 Å². The van der Waals surface area contributed by atoms with Gasteiger partial charge >= 0.3 is 8.60 Å². The SMILES string of the molecule is Brc1ccc2c(Br)c(OP(Oc3ccc4cc(Br)ccc4c3Br)Oc3ccc4cc(Br)ccc4c3Br)ccc2c1. The van der Waals surface area contributed by atoms with Crippen molar-refractivity contribution < 1.29 is 13.6 Å². The molecule has 0 unspecified atom stereocenters. The van der Waals surface area contributed by atoms with Crippen molar-refractivity contribution >= 4 is 136 Å². The van der Waals surface area contributed by atoms with Crippen LogP contribution in [-0.4, -0.2) is 0 Å². The maximum absolute atomic E-state index is 6.47. The second kappa shape index (κ2) is 12.2. The molecular formula is C30H15Br6O3P. The van der Waals surface area contributed by atoms with Crippen LogP contribution in [0.15, 0.2) is 118 Å². The Morgan fingerprint density at radius 3 is 0.975 bits per heavy atom. The zero-order valence-corrected chi connectivity index (χ0v) is 30.5. The summed E-state index contributed by atoms with van der Waals surface area (Å²) in [6, 6.07) is 30.1. The summed E-state index contributed by atoms with van der Waals surface area (Å²) >= 11 is 21.9. The Bertz CT molecular complexity index is 1710. The first-order valence-electron chi connectivity index (χ1n) is 11.7. The number of benzene rings is 6. The molecule has 3 nitrogen and oxygen atoms in total. The summed E-state index contributed by atoms with van der Waals surface area (Å²) in [5.41, 5.74) is 0. The van der Waals surface area contributed by atoms with E-state index in [9.17, 15) is 0 Å². The van der Waals surface area contributed by atoms with Crippen LogP contribution in [0.2, 0.25) is 0 Å². The van der Waals surface area contributed by atoms with Crippen LogP contribution >= 0.6 is 104 Å². The van der Waals surface area contributed by atoms with Gasteiger partial charge in [-0.2, -0.15) is 0 Å². The fourth-order valence-electron chi connectivity index (χ4n) is 4.24. The Hall–Kier alpha value is -1.19. The summed E-state index contributed by atoms with van der Waals surface area (Å²) in [7, 11) is -1.94. The average molecular weight is 934 g/mol. The molecular weight excluding hydrogens is 919 g/mol. The zero-order valence-electron chi connectivity index (χ0n) is 20.1. The second-order valence-electron chi connectivity index (χ2n) is 8.73. The molecule has 0 aliphatic heterocycles. The van der Waals surface area contributed by atoms with Crippen molar-refractivity contribution in [3.8, 4) is 17.2 Å². The van der Waals surface area contributed by atoms with Crippen molar-refractivity contribution in [2.75, 3.05) is 0 Å². The summed E-state index contributed by atoms with van der Waals surface area (Å²) in [5.74, 6) is 1.84. The minimum atomic E-state index is -1.94. The maximum Gasteiger partial charge on any atom is 0.530 e. The van der Waals surface area contributed by atoms with Crippen LogP contribution in [0.1, 0.15) is 0 Å². The Kier molecular flexibility index (Phi) is 8.81. The van der Waals surface area contributed by atoms with Gasteiger partial charge in [-0.15, -0.1) is 0 Å². The van der Waals surface area contributed by atoms with E-state index in [2.05, 4.69) is 114 Å². The average Bonchev–Trinajstić information content (AvgIpc) is 2.93. The number of hydrogen-bond acceptors (Lipinski definition) is 3. The Morgan fingerprint density at radius 2 is 0.675 bits per heavy atom. The smallest absolute Gasteiger partial charge is 0.407 e. The van der Waals surface area contributed by atoms with Crippen LogP contribution in [0.4, 0.5) is 0 Å². The molecule has 0 aliphatic carbocycles. The molecule has 6 aromatic rings. The number of rotatable bonds is 6. The van der Waals surface area contributed by atoms with Gasteiger partial charge in [-0.25, -0.2) is 0 Å². The number of hydrogen-bond donors (Lipinski definition) is 0. The molecule has 6 aromatic carbocycles. The van der Waals surface area contributed by atoms with Crippen LogP contribution in [0.5, 0.6) is 17.2 Å². The lowest BCUT2D eigenvalue weighted by atomic mass is 10.1. The molecule has 0 atom stereocenters. The summed E-state index contributed by atoms with van der Waals surface area (Å²) < 4.78 is 24.9. The van der Waals surface area contributed by atoms with E-state index in [0.29, 0.717) is 17.2 Å². The van der Waals surface area contributed by atoms with E-state index in [1.807, 2.05) is 72.8 Å². The molecule has 6 rings (SSSR count). The van der Waals surface area contributed by atoms with Gasteiger partial charge in [0, 0.05) is 13.4 Å². The normalized spacial score (nSPS) is 11.5. The molecule has 0 N–H and O–H groups in total. The van der Waals surface area contributed by atoms with Crippen molar-refractivity contribution in [2.24, 2.45) is 0 Å². The van der Waals surface area contributed by atoms with Crippen molar-refractivity contribution in [1.29, 1.82) is 0 Å². The van der Waals surface area contributed by atoms with Crippen molar-refractivity contribution in [1.82, 2.24) is 0 Å². The molecule has 0 saturated heterocycles. The fraction of sp³-hybridized carbons (Fsp3) is 0. The van der Waals surface area contributed by atoms with Gasteiger partial charge in [0.1, 0.15) is 17.2 Å². The molecule has 10 heteroatoms. The number of fused-ring (bicyclic) bond motifs is 3. The van der Waals surface area contributed by atoms with Gasteiger partial charge < -0.3 is 13.6 Å². The molecule has 0 heterocycles. The van der Waals surface area contributed by atoms with Crippen molar-refractivity contribution in [3.63, 3.8) is 0 Å². The quantitative estimate of drug-likeness (QED) is 0.156. The number of halogens is 6. The van der Waals surface area contributed by atoms with Gasteiger partial charge in [0.2, 0.25) is 0 Å². The van der Waals surface area contributed by atoms with Gasteiger partial charge in [-0.1, -0.05) is 84.2 Å². The second-order valence-corrected chi connectivity index (χ2v) is 14.8. The van der Waals surface area contributed by atoms with E-state index in [1.54, 1.807) is 0 Å². The van der Waals surface area contributed by atoms with Crippen LogP contribution in [0.25, 0.3) is 32.3 Å². The van der Waals surface area contributed by atoms with E-state index in [-0.39, 0.29) is 0 Å². The monoisotopic (exact) mass is 928 g/mol. The van der Waals surface area contributed by atoms with Gasteiger partial charge in [0.25, 0.3) is 0 Å². The summed E-state index contributed by atoms with van der Waals surface area (Å²) in [6.07, 6.45) is 0. The standard InChI is InChI=1S/C30H15Br6O3P/c31-19-4-7-22-16(13-19)1-10-25(28(22)34)37-40(38-26-11-2-17-14-20(32)5-8-23(17)29(26)35)39-27-12-3-18-15-21(33)6-9-24(18)30(27)36/h1-15H. The van der Waals surface area contributed by atoms with Crippen LogP contribution in [0, 0.1) is 0 Å². The van der Waals surface area contributed by atoms with E-state index < -0.39 is 8.60 Å². The molecule has 0 spiro atoms. The highest BCUT2D eigenvalue weighted by molar-refractivity contribution is 9.11. The lowest BCUT2D eigenvalue weighted by Gasteiger charge is -2.21. The first kappa shape index (κ1) is 28.9. The minimum Gasteiger partial charge on any atom is -0.407 e. The molecule has 0 saturated carbocycles. The van der Waals surface area contributed by atoms with Crippen molar-refractivity contribution in [2.45, 2.75) is 0 Å². The lowest BCUT2D eigenvalue weighted by molar-refractivity contribution is 0.386. The van der Waals surface area contributed by atoms with Crippen molar-refractivity contribution in [3.05, 3.63) is 118 Å². The Balaban J connectivity index is 1.40. The van der Waals surface area contributed by atoms with Gasteiger partial charge in [-0.05, 0) is 135 Å². The van der Waals surface area contributed by atoms with E-state index in [4.69, 9.17) is 13.6 Å². The van der Waals surface area contributed by atoms with E-state index in [1.165, 1.54) is 0 Å². The van der Waals surface area contributed by atoms with Crippen LogP contribution < -0.4 is 13.6 Å². The predicted octanol–water partition coefficient (Wildman–Crippen LogP) is 13.5. The molecule has 200 valence electrons. The Labute approximate surface area is 282 Å². The summed E-state index contributed by atoms with van der Waals surface area (Å²) in [4.78, 5) is 0. The van der Waals surface area contributed by atoms with Gasteiger partial charge in [-0.3, -0.25) is 0 Å². The highest BCUT2D eigenvalue weighted by Gasteiger charge is 2.25. The summed E-state index contributed by atoms with van der Waals surface area (Å²) in [5, 5.41) is 6.28. The maximum atomic E-state index is 6.47.